The number of nitrogens with zero attached hydrogens (tertiary/aromatic N) is 2. The molecular weight excluding hydrogens is 406 g/mol. The number of halogens is 1. The van der Waals surface area contributed by atoms with Crippen LogP contribution in [0.1, 0.15) is 16.7 Å². The third-order valence-electron chi connectivity index (χ3n) is 4.19. The van der Waals surface area contributed by atoms with Crippen molar-refractivity contribution in [1.29, 1.82) is 0 Å². The van der Waals surface area contributed by atoms with Gasteiger partial charge in [-0.1, -0.05) is 41.4 Å². The zero-order valence-electron chi connectivity index (χ0n) is 16.5. The minimum atomic E-state index is -0.502. The molecule has 0 aliphatic heterocycles. The number of hydrogen-bond acceptors (Lipinski definition) is 6. The van der Waals surface area contributed by atoms with Crippen LogP contribution in [0.15, 0.2) is 65.8 Å². The average Bonchev–Trinajstić information content (AvgIpc) is 2.73. The molecule has 0 aliphatic rings. The quantitative estimate of drug-likeness (QED) is 0.289. The van der Waals surface area contributed by atoms with Crippen molar-refractivity contribution in [3.63, 3.8) is 0 Å². The molecular formula is C22H20ClN3O4. The van der Waals surface area contributed by atoms with Crippen LogP contribution in [0.25, 0.3) is 0 Å². The number of nitro benzene ring substituents is 1. The topological polar surface area (TPSA) is 86.0 Å². The lowest BCUT2D eigenvalue weighted by Gasteiger charge is -2.12. The van der Waals surface area contributed by atoms with Gasteiger partial charge in [0.15, 0.2) is 5.75 Å². The predicted octanol–water partition coefficient (Wildman–Crippen LogP) is 5.59. The number of benzene rings is 3. The fourth-order valence-electron chi connectivity index (χ4n) is 2.78. The third-order valence-corrected chi connectivity index (χ3v) is 4.44. The van der Waals surface area contributed by atoms with E-state index in [1.165, 1.54) is 19.4 Å². The molecule has 0 heterocycles. The van der Waals surface area contributed by atoms with Crippen molar-refractivity contribution in [1.82, 2.24) is 0 Å². The Morgan fingerprint density at radius 1 is 1.17 bits per heavy atom. The summed E-state index contributed by atoms with van der Waals surface area (Å²) in [5.41, 5.74) is 5.85. The fourth-order valence-corrected chi connectivity index (χ4v) is 2.90. The second-order valence-electron chi connectivity index (χ2n) is 6.48. The highest BCUT2D eigenvalue weighted by Crippen LogP contribution is 2.38. The highest BCUT2D eigenvalue weighted by molar-refractivity contribution is 6.30. The summed E-state index contributed by atoms with van der Waals surface area (Å²) in [4.78, 5) is 11.1. The lowest BCUT2D eigenvalue weighted by Crippen LogP contribution is -2.03. The first-order valence-electron chi connectivity index (χ1n) is 9.05. The van der Waals surface area contributed by atoms with Gasteiger partial charge in [0.25, 0.3) is 0 Å². The standard InChI is InChI=1S/C22H20ClN3O4/c1-15-4-3-5-16(10-15)14-30-22-20(26(27)28)11-17(12-21(22)29-2)13-24-25-19-8-6-18(23)7-9-19/h3-13,25H,14H2,1-2H3/b24-13+. The van der Waals surface area contributed by atoms with Gasteiger partial charge in [-0.15, -0.1) is 0 Å². The Labute approximate surface area is 179 Å². The van der Waals surface area contributed by atoms with Crippen LogP contribution < -0.4 is 14.9 Å². The first-order valence-corrected chi connectivity index (χ1v) is 9.43. The van der Waals surface area contributed by atoms with E-state index in [0.717, 1.165) is 16.8 Å². The minimum absolute atomic E-state index is 0.0758. The third kappa shape index (κ3) is 5.48. The Morgan fingerprint density at radius 3 is 2.60 bits per heavy atom. The van der Waals surface area contributed by atoms with Gasteiger partial charge in [-0.25, -0.2) is 0 Å². The van der Waals surface area contributed by atoms with Crippen LogP contribution in [0, 0.1) is 17.0 Å². The van der Waals surface area contributed by atoms with E-state index in [1.807, 2.05) is 31.2 Å². The summed E-state index contributed by atoms with van der Waals surface area (Å²) < 4.78 is 11.1. The smallest absolute Gasteiger partial charge is 0.315 e. The van der Waals surface area contributed by atoms with Gasteiger partial charge < -0.3 is 9.47 Å². The van der Waals surface area contributed by atoms with E-state index in [-0.39, 0.29) is 23.8 Å². The van der Waals surface area contributed by atoms with Crippen LogP contribution >= 0.6 is 11.6 Å². The van der Waals surface area contributed by atoms with E-state index in [0.29, 0.717) is 10.6 Å². The number of methoxy groups -OCH3 is 1. The maximum absolute atomic E-state index is 11.6. The molecule has 0 aliphatic carbocycles. The molecule has 0 radical (unpaired) electrons. The molecule has 0 saturated heterocycles. The summed E-state index contributed by atoms with van der Waals surface area (Å²) in [6.07, 6.45) is 1.47. The highest BCUT2D eigenvalue weighted by Gasteiger charge is 2.22. The molecule has 0 saturated carbocycles. The lowest BCUT2D eigenvalue weighted by atomic mass is 10.1. The summed E-state index contributed by atoms with van der Waals surface area (Å²) in [5.74, 6) is 0.330. The Kier molecular flexibility index (Phi) is 6.87. The second-order valence-corrected chi connectivity index (χ2v) is 6.92. The summed E-state index contributed by atoms with van der Waals surface area (Å²) in [7, 11) is 1.44. The zero-order chi connectivity index (χ0) is 21.5. The number of nitro groups is 1. The van der Waals surface area contributed by atoms with E-state index in [2.05, 4.69) is 10.5 Å². The number of hydrogen-bond donors (Lipinski definition) is 1. The molecule has 154 valence electrons. The average molecular weight is 426 g/mol. The van der Waals surface area contributed by atoms with Gasteiger partial charge in [-0.05, 0) is 42.8 Å². The van der Waals surface area contributed by atoms with Crippen molar-refractivity contribution in [3.05, 3.63) is 92.5 Å². The van der Waals surface area contributed by atoms with Crippen LogP contribution in [-0.2, 0) is 6.61 Å². The SMILES string of the molecule is COc1cc(/C=N/Nc2ccc(Cl)cc2)cc([N+](=O)[O-])c1OCc1cccc(C)c1. The Hall–Kier alpha value is -3.58. The molecule has 8 heteroatoms. The van der Waals surface area contributed by atoms with Crippen molar-refractivity contribution in [2.24, 2.45) is 5.10 Å². The molecule has 0 amide bonds. The van der Waals surface area contributed by atoms with E-state index in [9.17, 15) is 10.1 Å². The molecule has 1 N–H and O–H groups in total. The molecule has 3 rings (SSSR count). The van der Waals surface area contributed by atoms with E-state index in [4.69, 9.17) is 21.1 Å². The van der Waals surface area contributed by atoms with E-state index < -0.39 is 4.92 Å². The molecule has 0 aromatic heterocycles. The van der Waals surface area contributed by atoms with Crippen molar-refractivity contribution in [2.45, 2.75) is 13.5 Å². The molecule has 7 nitrogen and oxygen atoms in total. The molecule has 30 heavy (non-hydrogen) atoms. The van der Waals surface area contributed by atoms with Gasteiger partial charge >= 0.3 is 5.69 Å². The van der Waals surface area contributed by atoms with Crippen molar-refractivity contribution >= 4 is 29.2 Å². The van der Waals surface area contributed by atoms with Gasteiger partial charge in [0.2, 0.25) is 5.75 Å². The molecule has 0 unspecified atom stereocenters. The first kappa shape index (κ1) is 21.1. The number of nitrogens with one attached hydrogen (secondary N) is 1. The summed E-state index contributed by atoms with van der Waals surface area (Å²) in [6.45, 7) is 2.16. The zero-order valence-corrected chi connectivity index (χ0v) is 17.2. The Balaban J connectivity index is 1.82. The van der Waals surface area contributed by atoms with Gasteiger partial charge in [0, 0.05) is 16.7 Å². The number of ether oxygens (including phenoxy) is 2. The monoisotopic (exact) mass is 425 g/mol. The van der Waals surface area contributed by atoms with Crippen LogP contribution in [0.2, 0.25) is 5.02 Å². The van der Waals surface area contributed by atoms with Gasteiger partial charge in [0.05, 0.1) is 23.9 Å². The summed E-state index contributed by atoms with van der Waals surface area (Å²) >= 11 is 5.85. The van der Waals surface area contributed by atoms with E-state index >= 15 is 0 Å². The first-order chi connectivity index (χ1) is 14.5. The van der Waals surface area contributed by atoms with E-state index in [1.54, 1.807) is 30.3 Å². The number of hydrazone groups is 1. The van der Waals surface area contributed by atoms with Gasteiger partial charge in [-0.3, -0.25) is 15.5 Å². The van der Waals surface area contributed by atoms with Crippen molar-refractivity contribution in [3.8, 4) is 11.5 Å². The summed E-state index contributed by atoms with van der Waals surface area (Å²) in [5, 5.41) is 16.4. The number of rotatable bonds is 8. The highest BCUT2D eigenvalue weighted by atomic mass is 35.5. The minimum Gasteiger partial charge on any atom is -0.493 e. The molecule has 0 atom stereocenters. The number of aryl methyl sites for hydroxylation is 1. The fraction of sp³-hybridized carbons (Fsp3) is 0.136. The van der Waals surface area contributed by atoms with Crippen molar-refractivity contribution < 1.29 is 14.4 Å². The Morgan fingerprint density at radius 2 is 1.93 bits per heavy atom. The molecule has 3 aromatic rings. The van der Waals surface area contributed by atoms with Crippen molar-refractivity contribution in [2.75, 3.05) is 12.5 Å². The molecule has 0 spiro atoms. The largest absolute Gasteiger partial charge is 0.493 e. The lowest BCUT2D eigenvalue weighted by molar-refractivity contribution is -0.386. The van der Waals surface area contributed by atoms with Gasteiger partial charge in [-0.2, -0.15) is 5.10 Å². The molecule has 0 fully saturated rings. The van der Waals surface area contributed by atoms with Crippen LogP contribution in [-0.4, -0.2) is 18.2 Å². The predicted molar refractivity (Wildman–Crippen MR) is 118 cm³/mol. The number of anilines is 1. The van der Waals surface area contributed by atoms with Crippen LogP contribution in [0.3, 0.4) is 0 Å². The second kappa shape index (κ2) is 9.76. The van der Waals surface area contributed by atoms with Crippen LogP contribution in [0.5, 0.6) is 11.5 Å². The maximum atomic E-state index is 11.6. The molecule has 3 aromatic carbocycles. The summed E-state index contributed by atoms with van der Waals surface area (Å²) in [6, 6.07) is 17.8. The molecule has 0 bridgehead atoms. The normalized spacial score (nSPS) is 10.8. The van der Waals surface area contributed by atoms with Gasteiger partial charge in [0.1, 0.15) is 6.61 Å². The maximum Gasteiger partial charge on any atom is 0.315 e. The Bertz CT molecular complexity index is 1070. The van der Waals surface area contributed by atoms with Crippen LogP contribution in [0.4, 0.5) is 11.4 Å².